The molecule has 30 heavy (non-hydrogen) atoms. The molecule has 1 aliphatic carbocycles. The monoisotopic (exact) mass is 411 g/mol. The minimum absolute atomic E-state index is 0.00344. The SMILES string of the molecule is Cc1ccc(C(=O)NC[C@]23CCC[C@H]2CN(C(=O)c2ccnn2C(C)C)C3)c(=O)[nH]1. The van der Waals surface area contributed by atoms with Crippen LogP contribution in [0.25, 0.3) is 0 Å². The summed E-state index contributed by atoms with van der Waals surface area (Å²) >= 11 is 0. The Kier molecular flexibility index (Phi) is 5.26. The second kappa shape index (κ2) is 7.74. The van der Waals surface area contributed by atoms with Gasteiger partial charge in [0.1, 0.15) is 11.3 Å². The highest BCUT2D eigenvalue weighted by atomic mass is 16.2. The number of pyridine rings is 1. The van der Waals surface area contributed by atoms with Gasteiger partial charge in [0.2, 0.25) is 0 Å². The molecule has 3 heterocycles. The topological polar surface area (TPSA) is 100 Å². The Bertz CT molecular complexity index is 1020. The first-order chi connectivity index (χ1) is 14.3. The van der Waals surface area contributed by atoms with Gasteiger partial charge in [0.15, 0.2) is 0 Å². The Morgan fingerprint density at radius 1 is 1.33 bits per heavy atom. The Hall–Kier alpha value is -2.90. The number of fused-ring (bicyclic) bond motifs is 1. The van der Waals surface area contributed by atoms with Crippen molar-refractivity contribution in [3.05, 3.63) is 51.7 Å². The smallest absolute Gasteiger partial charge is 0.272 e. The number of nitrogens with one attached hydrogen (secondary N) is 2. The fourth-order valence-corrected chi connectivity index (χ4v) is 5.02. The first kappa shape index (κ1) is 20.4. The summed E-state index contributed by atoms with van der Waals surface area (Å²) in [6, 6.07) is 5.17. The summed E-state index contributed by atoms with van der Waals surface area (Å²) in [4.78, 5) is 42.5. The highest BCUT2D eigenvalue weighted by molar-refractivity contribution is 5.94. The van der Waals surface area contributed by atoms with Crippen LogP contribution in [0.2, 0.25) is 0 Å². The van der Waals surface area contributed by atoms with Gasteiger partial charge in [-0.3, -0.25) is 19.1 Å². The number of rotatable bonds is 5. The average Bonchev–Trinajstić information content (AvgIpc) is 3.39. The van der Waals surface area contributed by atoms with Crippen LogP contribution in [-0.2, 0) is 0 Å². The summed E-state index contributed by atoms with van der Waals surface area (Å²) in [7, 11) is 0. The van der Waals surface area contributed by atoms with Crippen molar-refractivity contribution in [1.82, 2.24) is 25.0 Å². The van der Waals surface area contributed by atoms with E-state index in [0.29, 0.717) is 31.2 Å². The van der Waals surface area contributed by atoms with Crippen LogP contribution in [0.3, 0.4) is 0 Å². The molecule has 0 unspecified atom stereocenters. The summed E-state index contributed by atoms with van der Waals surface area (Å²) < 4.78 is 1.76. The number of aromatic nitrogens is 3. The Morgan fingerprint density at radius 3 is 2.87 bits per heavy atom. The van der Waals surface area contributed by atoms with Crippen molar-refractivity contribution in [3.8, 4) is 0 Å². The summed E-state index contributed by atoms with van der Waals surface area (Å²) in [6.45, 7) is 7.57. The number of H-pyrrole nitrogens is 1. The molecule has 8 heteroatoms. The Labute approximate surface area is 175 Å². The predicted molar refractivity (Wildman–Crippen MR) is 112 cm³/mol. The van der Waals surface area contributed by atoms with Crippen LogP contribution in [0, 0.1) is 18.3 Å². The maximum Gasteiger partial charge on any atom is 0.272 e. The fraction of sp³-hybridized carbons (Fsp3) is 0.545. The van der Waals surface area contributed by atoms with Crippen molar-refractivity contribution in [1.29, 1.82) is 0 Å². The lowest BCUT2D eigenvalue weighted by molar-refractivity contribution is 0.0753. The highest BCUT2D eigenvalue weighted by Crippen LogP contribution is 2.48. The lowest BCUT2D eigenvalue weighted by Crippen LogP contribution is -2.42. The van der Waals surface area contributed by atoms with Crippen LogP contribution in [-0.4, -0.2) is 51.1 Å². The number of carbonyl (C=O) groups excluding carboxylic acids is 2. The van der Waals surface area contributed by atoms with E-state index in [4.69, 9.17) is 0 Å². The Balaban J connectivity index is 1.48. The molecule has 1 saturated heterocycles. The van der Waals surface area contributed by atoms with Gasteiger partial charge in [-0.05, 0) is 57.7 Å². The molecule has 2 aliphatic rings. The number of hydrogen-bond acceptors (Lipinski definition) is 4. The van der Waals surface area contributed by atoms with Crippen molar-refractivity contribution in [2.75, 3.05) is 19.6 Å². The quantitative estimate of drug-likeness (QED) is 0.787. The third-order valence-corrected chi connectivity index (χ3v) is 6.61. The zero-order chi connectivity index (χ0) is 21.5. The van der Waals surface area contributed by atoms with E-state index < -0.39 is 0 Å². The number of nitrogens with zero attached hydrogens (tertiary/aromatic N) is 3. The van der Waals surface area contributed by atoms with Crippen molar-refractivity contribution in [2.24, 2.45) is 11.3 Å². The van der Waals surface area contributed by atoms with Crippen LogP contribution >= 0.6 is 0 Å². The van der Waals surface area contributed by atoms with Crippen molar-refractivity contribution >= 4 is 11.8 Å². The molecule has 1 aliphatic heterocycles. The number of amides is 2. The number of hydrogen-bond donors (Lipinski definition) is 2. The van der Waals surface area contributed by atoms with Gasteiger partial charge in [0.25, 0.3) is 17.4 Å². The van der Waals surface area contributed by atoms with E-state index in [1.165, 1.54) is 0 Å². The molecule has 4 rings (SSSR count). The molecule has 160 valence electrons. The zero-order valence-corrected chi connectivity index (χ0v) is 17.8. The van der Waals surface area contributed by atoms with Gasteiger partial charge in [0, 0.05) is 43.0 Å². The molecule has 0 radical (unpaired) electrons. The number of likely N-dealkylation sites (tertiary alicyclic amines) is 1. The maximum absolute atomic E-state index is 13.2. The zero-order valence-electron chi connectivity index (χ0n) is 17.8. The van der Waals surface area contributed by atoms with Gasteiger partial charge < -0.3 is 15.2 Å². The van der Waals surface area contributed by atoms with Gasteiger partial charge in [0.05, 0.1) is 0 Å². The van der Waals surface area contributed by atoms with Gasteiger partial charge >= 0.3 is 0 Å². The molecule has 2 aromatic rings. The summed E-state index contributed by atoms with van der Waals surface area (Å²) in [6.07, 6.45) is 4.78. The van der Waals surface area contributed by atoms with Gasteiger partial charge in [-0.1, -0.05) is 6.42 Å². The van der Waals surface area contributed by atoms with E-state index in [-0.39, 0.29) is 34.4 Å². The first-order valence-corrected chi connectivity index (χ1v) is 10.6. The van der Waals surface area contributed by atoms with E-state index in [1.54, 1.807) is 36.0 Å². The lowest BCUT2D eigenvalue weighted by atomic mass is 9.80. The predicted octanol–water partition coefficient (Wildman–Crippen LogP) is 2.13. The molecule has 0 spiro atoms. The maximum atomic E-state index is 13.2. The van der Waals surface area contributed by atoms with Crippen LogP contribution in [0.4, 0.5) is 0 Å². The largest absolute Gasteiger partial charge is 0.351 e. The molecule has 1 saturated carbocycles. The molecule has 8 nitrogen and oxygen atoms in total. The summed E-state index contributed by atoms with van der Waals surface area (Å²) in [5.74, 6) is -0.0105. The van der Waals surface area contributed by atoms with Crippen LogP contribution < -0.4 is 10.9 Å². The average molecular weight is 412 g/mol. The first-order valence-electron chi connectivity index (χ1n) is 10.6. The second-order valence-electron chi connectivity index (χ2n) is 8.96. The number of aryl methyl sites for hydroxylation is 1. The molecular weight excluding hydrogens is 382 g/mol. The van der Waals surface area contributed by atoms with E-state index in [9.17, 15) is 14.4 Å². The third-order valence-electron chi connectivity index (χ3n) is 6.61. The molecule has 2 N–H and O–H groups in total. The number of carbonyl (C=O) groups is 2. The molecule has 2 aromatic heterocycles. The normalized spacial score (nSPS) is 23.1. The Morgan fingerprint density at radius 2 is 2.13 bits per heavy atom. The fourth-order valence-electron chi connectivity index (χ4n) is 5.02. The molecule has 0 bridgehead atoms. The minimum atomic E-state index is -0.377. The minimum Gasteiger partial charge on any atom is -0.351 e. The van der Waals surface area contributed by atoms with Crippen molar-refractivity contribution < 1.29 is 9.59 Å². The van der Waals surface area contributed by atoms with Gasteiger partial charge in [-0.2, -0.15) is 5.10 Å². The molecule has 2 amide bonds. The van der Waals surface area contributed by atoms with Crippen molar-refractivity contribution in [2.45, 2.75) is 46.1 Å². The molecule has 0 aromatic carbocycles. The summed E-state index contributed by atoms with van der Waals surface area (Å²) in [5, 5.41) is 7.26. The van der Waals surface area contributed by atoms with Gasteiger partial charge in [-0.15, -0.1) is 0 Å². The third kappa shape index (κ3) is 3.55. The van der Waals surface area contributed by atoms with Crippen LogP contribution in [0.15, 0.2) is 29.2 Å². The van der Waals surface area contributed by atoms with E-state index in [0.717, 1.165) is 25.0 Å². The standard InChI is InChI=1S/C22H29N5O3/c1-14(2)27-18(8-10-24-27)21(30)26-11-16-5-4-9-22(16,13-26)12-23-19(28)17-7-6-15(3)25-20(17)29/h6-8,10,14,16H,4-5,9,11-13H2,1-3H3,(H,23,28)(H,25,29)/t16-,22-/m0/s1. The molecule has 2 atom stereocenters. The highest BCUT2D eigenvalue weighted by Gasteiger charge is 2.51. The van der Waals surface area contributed by atoms with Crippen molar-refractivity contribution in [3.63, 3.8) is 0 Å². The molecular formula is C22H29N5O3. The number of aromatic amines is 1. The van der Waals surface area contributed by atoms with Crippen LogP contribution in [0.5, 0.6) is 0 Å². The van der Waals surface area contributed by atoms with Gasteiger partial charge in [-0.25, -0.2) is 0 Å². The molecule has 2 fully saturated rings. The lowest BCUT2D eigenvalue weighted by Gasteiger charge is -2.29. The second-order valence-corrected chi connectivity index (χ2v) is 8.96. The van der Waals surface area contributed by atoms with Crippen LogP contribution in [0.1, 0.15) is 65.7 Å². The van der Waals surface area contributed by atoms with E-state index >= 15 is 0 Å². The summed E-state index contributed by atoms with van der Waals surface area (Å²) in [5.41, 5.74) is 0.939. The van der Waals surface area contributed by atoms with E-state index in [2.05, 4.69) is 15.4 Å². The van der Waals surface area contributed by atoms with E-state index in [1.807, 2.05) is 18.7 Å².